The summed E-state index contributed by atoms with van der Waals surface area (Å²) in [5, 5.41) is 13.5. The molecule has 0 aliphatic heterocycles. The SMILES string of the molecule is CCCC(C)(O)CNC1CC(c2ccc(F)cc2)C1. The third-order valence-electron chi connectivity index (χ3n) is 4.04. The van der Waals surface area contributed by atoms with Crippen LogP contribution >= 0.6 is 0 Å². The van der Waals surface area contributed by atoms with Gasteiger partial charge in [-0.05, 0) is 49.8 Å². The van der Waals surface area contributed by atoms with Gasteiger partial charge in [-0.1, -0.05) is 25.5 Å². The van der Waals surface area contributed by atoms with E-state index in [0.717, 1.165) is 25.7 Å². The molecule has 1 unspecified atom stereocenters. The molecule has 1 saturated carbocycles. The first-order valence-corrected chi connectivity index (χ1v) is 7.21. The van der Waals surface area contributed by atoms with Gasteiger partial charge in [0.05, 0.1) is 5.60 Å². The summed E-state index contributed by atoms with van der Waals surface area (Å²) in [5.41, 5.74) is 0.621. The van der Waals surface area contributed by atoms with E-state index in [1.165, 1.54) is 17.7 Å². The molecule has 1 aromatic rings. The predicted octanol–water partition coefficient (Wildman–Crippen LogP) is 3.21. The van der Waals surface area contributed by atoms with Crippen molar-refractivity contribution >= 4 is 0 Å². The zero-order valence-corrected chi connectivity index (χ0v) is 11.8. The molecule has 2 rings (SSSR count). The van der Waals surface area contributed by atoms with E-state index in [1.807, 2.05) is 19.1 Å². The second-order valence-electron chi connectivity index (χ2n) is 6.04. The van der Waals surface area contributed by atoms with Gasteiger partial charge in [0.1, 0.15) is 5.82 Å². The molecule has 1 aliphatic rings. The van der Waals surface area contributed by atoms with Gasteiger partial charge in [-0.25, -0.2) is 4.39 Å². The maximum absolute atomic E-state index is 12.8. The van der Waals surface area contributed by atoms with E-state index < -0.39 is 5.60 Å². The summed E-state index contributed by atoms with van der Waals surface area (Å²) in [6.07, 6.45) is 3.98. The molecule has 0 heterocycles. The van der Waals surface area contributed by atoms with Gasteiger partial charge in [-0.15, -0.1) is 0 Å². The molecule has 0 radical (unpaired) electrons. The first kappa shape index (κ1) is 14.5. The summed E-state index contributed by atoms with van der Waals surface area (Å²) >= 11 is 0. The van der Waals surface area contributed by atoms with Crippen molar-refractivity contribution < 1.29 is 9.50 Å². The van der Waals surface area contributed by atoms with E-state index in [0.29, 0.717) is 18.5 Å². The van der Waals surface area contributed by atoms with Crippen LogP contribution < -0.4 is 5.32 Å². The summed E-state index contributed by atoms with van der Waals surface area (Å²) in [7, 11) is 0. The third-order valence-corrected chi connectivity index (χ3v) is 4.04. The molecule has 0 amide bonds. The molecule has 19 heavy (non-hydrogen) atoms. The van der Waals surface area contributed by atoms with Crippen LogP contribution in [0, 0.1) is 5.82 Å². The maximum Gasteiger partial charge on any atom is 0.123 e. The Bertz CT molecular complexity index is 396. The molecule has 0 saturated heterocycles. The van der Waals surface area contributed by atoms with Crippen molar-refractivity contribution in [2.45, 2.75) is 57.1 Å². The number of nitrogens with one attached hydrogen (secondary N) is 1. The van der Waals surface area contributed by atoms with E-state index >= 15 is 0 Å². The average molecular weight is 265 g/mol. The Labute approximate surface area is 115 Å². The Hall–Kier alpha value is -0.930. The highest BCUT2D eigenvalue weighted by atomic mass is 19.1. The van der Waals surface area contributed by atoms with Crippen LogP contribution in [-0.4, -0.2) is 23.3 Å². The van der Waals surface area contributed by atoms with E-state index in [1.54, 1.807) is 0 Å². The topological polar surface area (TPSA) is 32.3 Å². The first-order chi connectivity index (χ1) is 9.00. The minimum atomic E-state index is -0.601. The lowest BCUT2D eigenvalue weighted by Crippen LogP contribution is -2.47. The lowest BCUT2D eigenvalue weighted by Gasteiger charge is -2.38. The number of hydrogen-bond donors (Lipinski definition) is 2. The molecule has 3 heteroatoms. The lowest BCUT2D eigenvalue weighted by atomic mass is 9.75. The second kappa shape index (κ2) is 6.02. The lowest BCUT2D eigenvalue weighted by molar-refractivity contribution is 0.0428. The van der Waals surface area contributed by atoms with Crippen LogP contribution in [0.2, 0.25) is 0 Å². The Balaban J connectivity index is 1.73. The Morgan fingerprint density at radius 1 is 1.32 bits per heavy atom. The minimum Gasteiger partial charge on any atom is -0.389 e. The van der Waals surface area contributed by atoms with Crippen LogP contribution in [0.1, 0.15) is 51.0 Å². The summed E-state index contributed by atoms with van der Waals surface area (Å²) in [6, 6.07) is 7.30. The number of aliphatic hydroxyl groups is 1. The highest BCUT2D eigenvalue weighted by Crippen LogP contribution is 2.37. The van der Waals surface area contributed by atoms with Crippen LogP contribution in [0.5, 0.6) is 0 Å². The standard InChI is InChI=1S/C16H24FNO/c1-3-8-16(2,19)11-18-15-9-13(10-15)12-4-6-14(17)7-5-12/h4-7,13,15,18-19H,3,8-11H2,1-2H3. The molecule has 2 nitrogen and oxygen atoms in total. The van der Waals surface area contributed by atoms with Gasteiger partial charge in [0, 0.05) is 12.6 Å². The highest BCUT2D eigenvalue weighted by molar-refractivity contribution is 5.23. The fourth-order valence-electron chi connectivity index (χ4n) is 2.78. The molecule has 1 atom stereocenters. The van der Waals surface area contributed by atoms with E-state index in [2.05, 4.69) is 12.2 Å². The van der Waals surface area contributed by atoms with Crippen molar-refractivity contribution in [3.05, 3.63) is 35.6 Å². The van der Waals surface area contributed by atoms with Crippen LogP contribution in [0.4, 0.5) is 4.39 Å². The fourth-order valence-corrected chi connectivity index (χ4v) is 2.78. The monoisotopic (exact) mass is 265 g/mol. The molecule has 0 aromatic heterocycles. The maximum atomic E-state index is 12.8. The number of rotatable bonds is 6. The summed E-state index contributed by atoms with van der Waals surface area (Å²) < 4.78 is 12.8. The fraction of sp³-hybridized carbons (Fsp3) is 0.625. The zero-order chi connectivity index (χ0) is 13.9. The largest absolute Gasteiger partial charge is 0.389 e. The molecule has 1 aliphatic carbocycles. The number of hydrogen-bond acceptors (Lipinski definition) is 2. The van der Waals surface area contributed by atoms with Crippen molar-refractivity contribution in [2.75, 3.05) is 6.54 Å². The Morgan fingerprint density at radius 2 is 1.95 bits per heavy atom. The molecule has 0 bridgehead atoms. The van der Waals surface area contributed by atoms with Crippen molar-refractivity contribution in [1.29, 1.82) is 0 Å². The van der Waals surface area contributed by atoms with Crippen LogP contribution in [0.25, 0.3) is 0 Å². The molecule has 106 valence electrons. The quantitative estimate of drug-likeness (QED) is 0.828. The van der Waals surface area contributed by atoms with E-state index in [-0.39, 0.29) is 5.82 Å². The van der Waals surface area contributed by atoms with Crippen molar-refractivity contribution in [3.63, 3.8) is 0 Å². The van der Waals surface area contributed by atoms with E-state index in [9.17, 15) is 9.50 Å². The minimum absolute atomic E-state index is 0.173. The van der Waals surface area contributed by atoms with E-state index in [4.69, 9.17) is 0 Å². The smallest absolute Gasteiger partial charge is 0.123 e. The van der Waals surface area contributed by atoms with Gasteiger partial charge in [0.25, 0.3) is 0 Å². The Kier molecular flexibility index (Phi) is 4.58. The predicted molar refractivity (Wildman–Crippen MR) is 75.7 cm³/mol. The van der Waals surface area contributed by atoms with Gasteiger partial charge >= 0.3 is 0 Å². The average Bonchev–Trinajstić information content (AvgIpc) is 2.29. The molecule has 1 fully saturated rings. The number of halogens is 1. The first-order valence-electron chi connectivity index (χ1n) is 7.21. The summed E-state index contributed by atoms with van der Waals surface area (Å²) in [6.45, 7) is 4.63. The zero-order valence-electron chi connectivity index (χ0n) is 11.8. The van der Waals surface area contributed by atoms with Gasteiger partial charge in [-0.3, -0.25) is 0 Å². The summed E-state index contributed by atoms with van der Waals surface area (Å²) in [4.78, 5) is 0. The summed E-state index contributed by atoms with van der Waals surface area (Å²) in [5.74, 6) is 0.364. The van der Waals surface area contributed by atoms with Gasteiger partial charge in [0.2, 0.25) is 0 Å². The molecular formula is C16H24FNO. The Morgan fingerprint density at radius 3 is 2.53 bits per heavy atom. The van der Waals surface area contributed by atoms with Gasteiger partial charge < -0.3 is 10.4 Å². The van der Waals surface area contributed by atoms with Crippen LogP contribution in [-0.2, 0) is 0 Å². The number of benzene rings is 1. The van der Waals surface area contributed by atoms with Crippen molar-refractivity contribution in [1.82, 2.24) is 5.32 Å². The molecular weight excluding hydrogens is 241 g/mol. The third kappa shape index (κ3) is 4.02. The van der Waals surface area contributed by atoms with Crippen molar-refractivity contribution in [2.24, 2.45) is 0 Å². The van der Waals surface area contributed by atoms with Gasteiger partial charge in [-0.2, -0.15) is 0 Å². The second-order valence-corrected chi connectivity index (χ2v) is 6.04. The van der Waals surface area contributed by atoms with Crippen molar-refractivity contribution in [3.8, 4) is 0 Å². The van der Waals surface area contributed by atoms with Crippen LogP contribution in [0.3, 0.4) is 0 Å². The normalized spacial score (nSPS) is 25.7. The highest BCUT2D eigenvalue weighted by Gasteiger charge is 2.31. The molecule has 0 spiro atoms. The molecule has 1 aromatic carbocycles. The molecule has 2 N–H and O–H groups in total. The van der Waals surface area contributed by atoms with Crippen LogP contribution in [0.15, 0.2) is 24.3 Å². The van der Waals surface area contributed by atoms with Gasteiger partial charge in [0.15, 0.2) is 0 Å².